The maximum absolute atomic E-state index is 12.1. The standard InChI is InChI=1S/C16H27N3O4S/c1-9(19-14(23)10(17)6-12(20)21)13(22)18-7-11-15(2,3)8-24-16(11,4)5/h7,9-11H,6,8,17H2,1-5H3,(H,19,23)(H,20,21). The lowest BCUT2D eigenvalue weighted by atomic mass is 9.75. The minimum Gasteiger partial charge on any atom is -0.481 e. The van der Waals surface area contributed by atoms with Gasteiger partial charge in [0.05, 0.1) is 12.5 Å². The fraction of sp³-hybridized carbons (Fsp3) is 0.750. The van der Waals surface area contributed by atoms with Gasteiger partial charge in [-0.15, -0.1) is 0 Å². The van der Waals surface area contributed by atoms with Crippen LogP contribution in [0.2, 0.25) is 0 Å². The SMILES string of the molecule is CC(NC(=O)C(N)CC(=O)O)C(=O)N=CC1C(C)(C)CSC1(C)C. The first-order chi connectivity index (χ1) is 10.9. The van der Waals surface area contributed by atoms with Gasteiger partial charge in [-0.2, -0.15) is 11.8 Å². The zero-order chi connectivity index (χ0) is 18.7. The Morgan fingerprint density at radius 1 is 1.38 bits per heavy atom. The van der Waals surface area contributed by atoms with Crippen molar-refractivity contribution in [3.05, 3.63) is 0 Å². The van der Waals surface area contributed by atoms with Gasteiger partial charge in [0.25, 0.3) is 5.91 Å². The van der Waals surface area contributed by atoms with Crippen LogP contribution in [-0.4, -0.2) is 51.7 Å². The summed E-state index contributed by atoms with van der Waals surface area (Å²) in [5, 5.41) is 11.0. The van der Waals surface area contributed by atoms with E-state index in [2.05, 4.69) is 38.0 Å². The van der Waals surface area contributed by atoms with Crippen LogP contribution in [-0.2, 0) is 14.4 Å². The zero-order valence-corrected chi connectivity index (χ0v) is 15.6. The molecular formula is C16H27N3O4S. The highest BCUT2D eigenvalue weighted by atomic mass is 32.2. The Morgan fingerprint density at radius 2 is 1.96 bits per heavy atom. The average Bonchev–Trinajstić information content (AvgIpc) is 2.64. The molecule has 0 aromatic carbocycles. The maximum atomic E-state index is 12.1. The average molecular weight is 357 g/mol. The van der Waals surface area contributed by atoms with Crippen LogP contribution < -0.4 is 11.1 Å². The summed E-state index contributed by atoms with van der Waals surface area (Å²) in [5.41, 5.74) is 5.50. The number of hydrogen-bond donors (Lipinski definition) is 3. The molecule has 0 bridgehead atoms. The van der Waals surface area contributed by atoms with Gasteiger partial charge in [0.1, 0.15) is 6.04 Å². The second kappa shape index (κ2) is 7.65. The number of thioether (sulfide) groups is 1. The molecule has 0 radical (unpaired) electrons. The van der Waals surface area contributed by atoms with Gasteiger partial charge in [-0.05, 0) is 18.1 Å². The van der Waals surface area contributed by atoms with Gasteiger partial charge in [0.2, 0.25) is 5.91 Å². The van der Waals surface area contributed by atoms with Gasteiger partial charge in [-0.3, -0.25) is 14.4 Å². The van der Waals surface area contributed by atoms with Crippen LogP contribution in [0.15, 0.2) is 4.99 Å². The van der Waals surface area contributed by atoms with Crippen molar-refractivity contribution in [1.82, 2.24) is 5.32 Å². The summed E-state index contributed by atoms with van der Waals surface area (Å²) in [4.78, 5) is 38.5. The molecule has 1 rings (SSSR count). The third-order valence-corrected chi connectivity index (χ3v) is 6.10. The molecule has 1 heterocycles. The largest absolute Gasteiger partial charge is 0.481 e. The maximum Gasteiger partial charge on any atom is 0.305 e. The summed E-state index contributed by atoms with van der Waals surface area (Å²) in [6.07, 6.45) is 1.19. The Hall–Kier alpha value is -1.41. The number of amides is 2. The number of aliphatic carboxylic acids is 1. The molecule has 1 saturated heterocycles. The molecule has 0 spiro atoms. The van der Waals surface area contributed by atoms with E-state index in [1.54, 1.807) is 6.21 Å². The van der Waals surface area contributed by atoms with Crippen LogP contribution in [0.25, 0.3) is 0 Å². The summed E-state index contributed by atoms with van der Waals surface area (Å²) in [7, 11) is 0. The van der Waals surface area contributed by atoms with Crippen molar-refractivity contribution in [3.63, 3.8) is 0 Å². The molecule has 2 amide bonds. The van der Waals surface area contributed by atoms with Crippen molar-refractivity contribution >= 4 is 35.8 Å². The van der Waals surface area contributed by atoms with E-state index in [0.29, 0.717) is 0 Å². The first kappa shape index (κ1) is 20.6. The molecule has 0 aromatic heterocycles. The van der Waals surface area contributed by atoms with Gasteiger partial charge < -0.3 is 16.2 Å². The first-order valence-corrected chi connectivity index (χ1v) is 8.85. The van der Waals surface area contributed by atoms with Gasteiger partial charge in [-0.25, -0.2) is 4.99 Å². The normalized spacial score (nSPS) is 24.5. The molecule has 3 atom stereocenters. The van der Waals surface area contributed by atoms with Crippen LogP contribution in [0.3, 0.4) is 0 Å². The van der Waals surface area contributed by atoms with Crippen LogP contribution in [0, 0.1) is 11.3 Å². The smallest absolute Gasteiger partial charge is 0.305 e. The lowest BCUT2D eigenvalue weighted by Gasteiger charge is -2.30. The molecule has 3 unspecified atom stereocenters. The Bertz CT molecular complexity index is 529. The summed E-state index contributed by atoms with van der Waals surface area (Å²) < 4.78 is -0.0103. The van der Waals surface area contributed by atoms with Crippen molar-refractivity contribution in [1.29, 1.82) is 0 Å². The van der Waals surface area contributed by atoms with E-state index in [1.807, 2.05) is 11.8 Å². The number of nitrogens with two attached hydrogens (primary N) is 1. The van der Waals surface area contributed by atoms with Crippen LogP contribution in [0.4, 0.5) is 0 Å². The Balaban J connectivity index is 2.67. The zero-order valence-electron chi connectivity index (χ0n) is 14.8. The molecule has 1 aliphatic heterocycles. The van der Waals surface area contributed by atoms with Gasteiger partial charge in [0, 0.05) is 16.9 Å². The summed E-state index contributed by atoms with van der Waals surface area (Å²) in [6, 6.07) is -2.04. The third kappa shape index (κ3) is 5.31. The van der Waals surface area contributed by atoms with Gasteiger partial charge >= 0.3 is 5.97 Å². The molecule has 1 fully saturated rings. The van der Waals surface area contributed by atoms with Gasteiger partial charge in [0.15, 0.2) is 0 Å². The third-order valence-electron chi connectivity index (χ3n) is 4.22. The summed E-state index contributed by atoms with van der Waals surface area (Å²) in [6.45, 7) is 10.1. The second-order valence-corrected chi connectivity index (χ2v) is 9.04. The fourth-order valence-electron chi connectivity index (χ4n) is 2.80. The van der Waals surface area contributed by atoms with Gasteiger partial charge in [-0.1, -0.05) is 27.7 Å². The summed E-state index contributed by atoms with van der Waals surface area (Å²) in [5.74, 6) is -1.20. The number of carboxylic acids is 1. The second-order valence-electron chi connectivity index (χ2n) is 7.41. The quantitative estimate of drug-likeness (QED) is 0.611. The minimum atomic E-state index is -1.19. The fourth-order valence-corrected chi connectivity index (χ4v) is 4.28. The van der Waals surface area contributed by atoms with E-state index in [1.165, 1.54) is 6.92 Å². The van der Waals surface area contributed by atoms with E-state index in [-0.39, 0.29) is 16.1 Å². The van der Waals surface area contributed by atoms with E-state index in [9.17, 15) is 14.4 Å². The topological polar surface area (TPSA) is 122 Å². The number of nitrogens with zero attached hydrogens (tertiary/aromatic N) is 1. The first-order valence-electron chi connectivity index (χ1n) is 7.86. The van der Waals surface area contributed by atoms with Crippen molar-refractivity contribution in [2.75, 3.05) is 5.75 Å². The molecule has 8 heteroatoms. The predicted octanol–water partition coefficient (Wildman–Crippen LogP) is 1.06. The lowest BCUT2D eigenvalue weighted by molar-refractivity contribution is -0.139. The predicted molar refractivity (Wildman–Crippen MR) is 95.1 cm³/mol. The Morgan fingerprint density at radius 3 is 2.42 bits per heavy atom. The highest BCUT2D eigenvalue weighted by molar-refractivity contribution is 8.01. The lowest BCUT2D eigenvalue weighted by Crippen LogP contribution is -2.47. The van der Waals surface area contributed by atoms with E-state index in [4.69, 9.17) is 10.8 Å². The number of carbonyl (C=O) groups is 3. The molecule has 7 nitrogen and oxygen atoms in total. The summed E-state index contributed by atoms with van der Waals surface area (Å²) >= 11 is 1.85. The highest BCUT2D eigenvalue weighted by Crippen LogP contribution is 2.51. The van der Waals surface area contributed by atoms with Crippen molar-refractivity contribution in [2.24, 2.45) is 22.1 Å². The molecule has 0 saturated carbocycles. The molecule has 0 aromatic rings. The van der Waals surface area contributed by atoms with E-state index < -0.39 is 36.3 Å². The number of rotatable bonds is 6. The molecule has 4 N–H and O–H groups in total. The van der Waals surface area contributed by atoms with Crippen molar-refractivity contribution < 1.29 is 19.5 Å². The number of carbonyl (C=O) groups excluding carboxylic acids is 2. The number of aliphatic imine (C=N–C) groups is 1. The number of hydrogen-bond acceptors (Lipinski definition) is 5. The Labute approximate surface area is 146 Å². The molecular weight excluding hydrogens is 330 g/mol. The van der Waals surface area contributed by atoms with Crippen molar-refractivity contribution in [3.8, 4) is 0 Å². The molecule has 136 valence electrons. The van der Waals surface area contributed by atoms with Crippen molar-refractivity contribution in [2.45, 2.75) is 57.9 Å². The Kier molecular flexibility index (Phi) is 6.58. The highest BCUT2D eigenvalue weighted by Gasteiger charge is 2.46. The number of nitrogens with one attached hydrogen (secondary N) is 1. The van der Waals surface area contributed by atoms with E-state index >= 15 is 0 Å². The monoisotopic (exact) mass is 357 g/mol. The number of carboxylic acid groups (broad SMARTS) is 1. The van der Waals surface area contributed by atoms with E-state index in [0.717, 1.165) is 5.75 Å². The minimum absolute atomic E-state index is 0.0103. The molecule has 24 heavy (non-hydrogen) atoms. The van der Waals surface area contributed by atoms with Crippen LogP contribution in [0.1, 0.15) is 41.0 Å². The molecule has 1 aliphatic rings. The van der Waals surface area contributed by atoms with Crippen LogP contribution in [0.5, 0.6) is 0 Å². The van der Waals surface area contributed by atoms with Crippen LogP contribution >= 0.6 is 11.8 Å². The molecule has 0 aliphatic carbocycles.